The third-order valence-electron chi connectivity index (χ3n) is 2.53. The summed E-state index contributed by atoms with van der Waals surface area (Å²) in [6, 6.07) is 6.09. The Hall–Kier alpha value is -1.88. The van der Waals surface area contributed by atoms with Gasteiger partial charge in [0, 0.05) is 0 Å². The Bertz CT molecular complexity index is 432. The van der Waals surface area contributed by atoms with Crippen LogP contribution in [0.15, 0.2) is 24.3 Å². The molecule has 1 amide bonds. The van der Waals surface area contributed by atoms with E-state index in [0.29, 0.717) is 17.7 Å². The van der Waals surface area contributed by atoms with Crippen molar-refractivity contribution >= 4 is 17.6 Å². The number of esters is 1. The van der Waals surface area contributed by atoms with E-state index in [1.807, 2.05) is 6.92 Å². The molecule has 1 aromatic rings. The number of hydrogen-bond donors (Lipinski definition) is 2. The first-order valence-electron chi connectivity index (χ1n) is 5.84. The number of benzene rings is 1. The van der Waals surface area contributed by atoms with E-state index < -0.39 is 12.0 Å². The van der Waals surface area contributed by atoms with Crippen LogP contribution in [-0.4, -0.2) is 25.0 Å². The van der Waals surface area contributed by atoms with Crippen molar-refractivity contribution in [3.8, 4) is 0 Å². The lowest BCUT2D eigenvalue weighted by atomic mass is 10.1. The average molecular weight is 250 g/mol. The molecule has 18 heavy (non-hydrogen) atoms. The Morgan fingerprint density at radius 3 is 2.67 bits per heavy atom. The molecule has 1 rings (SSSR count). The SMILES string of the molecule is CCC[C@@H](N)C(=O)Nc1ccccc1C(=O)OC. The van der Waals surface area contributed by atoms with Crippen molar-refractivity contribution in [1.29, 1.82) is 0 Å². The Balaban J connectivity index is 2.84. The second-order valence-corrected chi connectivity index (χ2v) is 3.92. The summed E-state index contributed by atoms with van der Waals surface area (Å²) in [5.41, 5.74) is 6.44. The molecule has 0 heterocycles. The van der Waals surface area contributed by atoms with Crippen LogP contribution in [0.4, 0.5) is 5.69 Å². The van der Waals surface area contributed by atoms with Gasteiger partial charge in [0.2, 0.25) is 5.91 Å². The van der Waals surface area contributed by atoms with E-state index in [0.717, 1.165) is 6.42 Å². The molecule has 0 bridgehead atoms. The lowest BCUT2D eigenvalue weighted by Gasteiger charge is -2.13. The molecule has 5 heteroatoms. The van der Waals surface area contributed by atoms with Crippen molar-refractivity contribution < 1.29 is 14.3 Å². The van der Waals surface area contributed by atoms with Gasteiger partial charge in [-0.15, -0.1) is 0 Å². The lowest BCUT2D eigenvalue weighted by molar-refractivity contribution is -0.117. The minimum absolute atomic E-state index is 0.298. The maximum absolute atomic E-state index is 11.8. The number of ether oxygens (including phenoxy) is 1. The number of rotatable bonds is 5. The van der Waals surface area contributed by atoms with Crippen LogP contribution >= 0.6 is 0 Å². The topological polar surface area (TPSA) is 81.4 Å². The predicted molar refractivity (Wildman–Crippen MR) is 69.3 cm³/mol. The molecule has 1 aromatic carbocycles. The van der Waals surface area contributed by atoms with Gasteiger partial charge in [-0.1, -0.05) is 25.5 Å². The van der Waals surface area contributed by atoms with Gasteiger partial charge in [-0.2, -0.15) is 0 Å². The van der Waals surface area contributed by atoms with Gasteiger partial charge in [-0.3, -0.25) is 4.79 Å². The molecular weight excluding hydrogens is 232 g/mol. The van der Waals surface area contributed by atoms with Crippen molar-refractivity contribution in [2.45, 2.75) is 25.8 Å². The van der Waals surface area contributed by atoms with Gasteiger partial charge < -0.3 is 15.8 Å². The van der Waals surface area contributed by atoms with Crippen LogP contribution in [0.2, 0.25) is 0 Å². The standard InChI is InChI=1S/C13H18N2O3/c1-3-6-10(14)12(16)15-11-8-5-4-7-9(11)13(17)18-2/h4-5,7-8,10H,3,6,14H2,1-2H3,(H,15,16)/t10-/m1/s1. The largest absolute Gasteiger partial charge is 0.465 e. The highest BCUT2D eigenvalue weighted by Gasteiger charge is 2.16. The third kappa shape index (κ3) is 3.56. The quantitative estimate of drug-likeness (QED) is 0.777. The highest BCUT2D eigenvalue weighted by atomic mass is 16.5. The van der Waals surface area contributed by atoms with Gasteiger partial charge >= 0.3 is 5.97 Å². The summed E-state index contributed by atoms with van der Waals surface area (Å²) < 4.78 is 4.64. The minimum Gasteiger partial charge on any atom is -0.465 e. The number of nitrogens with two attached hydrogens (primary N) is 1. The number of anilines is 1. The Labute approximate surface area is 106 Å². The van der Waals surface area contributed by atoms with Gasteiger partial charge in [0.25, 0.3) is 0 Å². The molecule has 0 saturated carbocycles. The van der Waals surface area contributed by atoms with Crippen molar-refractivity contribution in [1.82, 2.24) is 0 Å². The lowest BCUT2D eigenvalue weighted by Crippen LogP contribution is -2.35. The van der Waals surface area contributed by atoms with Gasteiger partial charge in [-0.25, -0.2) is 4.79 Å². The highest BCUT2D eigenvalue weighted by molar-refractivity contribution is 6.02. The van der Waals surface area contributed by atoms with Crippen LogP contribution < -0.4 is 11.1 Å². The van der Waals surface area contributed by atoms with Crippen molar-refractivity contribution in [2.24, 2.45) is 5.73 Å². The monoisotopic (exact) mass is 250 g/mol. The fraction of sp³-hybridized carbons (Fsp3) is 0.385. The second kappa shape index (κ2) is 6.76. The maximum Gasteiger partial charge on any atom is 0.339 e. The maximum atomic E-state index is 11.8. The van der Waals surface area contributed by atoms with Crippen LogP contribution in [0.3, 0.4) is 0 Å². The van der Waals surface area contributed by atoms with Crippen LogP contribution in [0, 0.1) is 0 Å². The predicted octanol–water partition coefficient (Wildman–Crippen LogP) is 1.54. The van der Waals surface area contributed by atoms with E-state index in [-0.39, 0.29) is 5.91 Å². The van der Waals surface area contributed by atoms with Gasteiger partial charge in [0.15, 0.2) is 0 Å². The number of carbonyl (C=O) groups is 2. The molecule has 0 aliphatic carbocycles. The highest BCUT2D eigenvalue weighted by Crippen LogP contribution is 2.16. The first-order valence-corrected chi connectivity index (χ1v) is 5.84. The van der Waals surface area contributed by atoms with E-state index in [1.54, 1.807) is 24.3 Å². The summed E-state index contributed by atoms with van der Waals surface area (Å²) in [6.07, 6.45) is 1.43. The Morgan fingerprint density at radius 2 is 2.06 bits per heavy atom. The Kier molecular flexibility index (Phi) is 5.32. The zero-order valence-corrected chi connectivity index (χ0v) is 10.6. The smallest absolute Gasteiger partial charge is 0.339 e. The number of para-hydroxylation sites is 1. The molecule has 5 nitrogen and oxygen atoms in total. The number of hydrogen-bond acceptors (Lipinski definition) is 4. The molecular formula is C13H18N2O3. The number of methoxy groups -OCH3 is 1. The number of amides is 1. The molecule has 1 atom stereocenters. The zero-order chi connectivity index (χ0) is 13.5. The molecule has 0 fully saturated rings. The molecule has 0 spiro atoms. The number of carbonyl (C=O) groups excluding carboxylic acids is 2. The molecule has 98 valence electrons. The number of nitrogens with one attached hydrogen (secondary N) is 1. The van der Waals surface area contributed by atoms with Gasteiger partial charge in [-0.05, 0) is 18.6 Å². The van der Waals surface area contributed by atoms with E-state index in [9.17, 15) is 9.59 Å². The normalized spacial score (nSPS) is 11.7. The fourth-order valence-electron chi connectivity index (χ4n) is 1.55. The molecule has 3 N–H and O–H groups in total. The van der Waals surface area contributed by atoms with Crippen LogP contribution in [-0.2, 0) is 9.53 Å². The molecule has 0 radical (unpaired) electrons. The van der Waals surface area contributed by atoms with Crippen molar-refractivity contribution in [3.63, 3.8) is 0 Å². The van der Waals surface area contributed by atoms with Gasteiger partial charge in [0.05, 0.1) is 24.4 Å². The van der Waals surface area contributed by atoms with Crippen molar-refractivity contribution in [3.05, 3.63) is 29.8 Å². The van der Waals surface area contributed by atoms with E-state index >= 15 is 0 Å². The second-order valence-electron chi connectivity index (χ2n) is 3.92. The zero-order valence-electron chi connectivity index (χ0n) is 10.6. The van der Waals surface area contributed by atoms with Crippen LogP contribution in [0.1, 0.15) is 30.1 Å². The fourth-order valence-corrected chi connectivity index (χ4v) is 1.55. The first kappa shape index (κ1) is 14.2. The molecule has 0 aliphatic rings. The van der Waals surface area contributed by atoms with Crippen LogP contribution in [0.25, 0.3) is 0 Å². The Morgan fingerprint density at radius 1 is 1.39 bits per heavy atom. The average Bonchev–Trinajstić information content (AvgIpc) is 2.38. The molecule has 0 unspecified atom stereocenters. The summed E-state index contributed by atoms with van der Waals surface area (Å²) in [5, 5.41) is 2.65. The molecule has 0 saturated heterocycles. The summed E-state index contributed by atoms with van der Waals surface area (Å²) in [4.78, 5) is 23.3. The molecule has 0 aromatic heterocycles. The van der Waals surface area contributed by atoms with Crippen molar-refractivity contribution in [2.75, 3.05) is 12.4 Å². The van der Waals surface area contributed by atoms with Gasteiger partial charge in [0.1, 0.15) is 0 Å². The first-order chi connectivity index (χ1) is 8.60. The summed E-state index contributed by atoms with van der Waals surface area (Å²) >= 11 is 0. The minimum atomic E-state index is -0.569. The van der Waals surface area contributed by atoms with Crippen LogP contribution in [0.5, 0.6) is 0 Å². The third-order valence-corrected chi connectivity index (χ3v) is 2.53. The van der Waals surface area contributed by atoms with E-state index in [2.05, 4.69) is 10.1 Å². The summed E-state index contributed by atoms with van der Waals surface area (Å²) in [7, 11) is 1.30. The summed E-state index contributed by atoms with van der Waals surface area (Å²) in [6.45, 7) is 1.95. The van der Waals surface area contributed by atoms with E-state index in [1.165, 1.54) is 7.11 Å². The summed E-state index contributed by atoms with van der Waals surface area (Å²) in [5.74, 6) is -0.789. The molecule has 0 aliphatic heterocycles. The van der Waals surface area contributed by atoms with E-state index in [4.69, 9.17) is 5.73 Å².